The number of hydrogen-bond donors (Lipinski definition) is 2. The van der Waals surface area contributed by atoms with E-state index in [-0.39, 0.29) is 35.1 Å². The highest BCUT2D eigenvalue weighted by Crippen LogP contribution is 2.30. The van der Waals surface area contributed by atoms with Crippen molar-refractivity contribution in [2.75, 3.05) is 6.54 Å². The number of carboxylic acids is 1. The van der Waals surface area contributed by atoms with Gasteiger partial charge in [-0.2, -0.15) is 13.2 Å². The molecular formula is C14H13F3N2O4S. The van der Waals surface area contributed by atoms with Crippen molar-refractivity contribution in [2.24, 2.45) is 0 Å². The van der Waals surface area contributed by atoms with Crippen LogP contribution in [0.1, 0.15) is 44.3 Å². The first-order valence-electron chi connectivity index (χ1n) is 6.88. The zero-order valence-electron chi connectivity index (χ0n) is 12.4. The highest BCUT2D eigenvalue weighted by atomic mass is 32.1. The summed E-state index contributed by atoms with van der Waals surface area (Å²) in [6.07, 6.45) is -4.05. The van der Waals surface area contributed by atoms with Crippen LogP contribution in [0.4, 0.5) is 13.2 Å². The molecule has 2 N–H and O–H groups in total. The zero-order chi connectivity index (χ0) is 17.9. The number of aromatic nitrogens is 1. The number of carbonyl (C=O) groups is 2. The molecule has 0 aliphatic heterocycles. The molecule has 0 saturated heterocycles. The Hall–Kier alpha value is -2.36. The Bertz CT molecular complexity index is 752. The van der Waals surface area contributed by atoms with E-state index in [4.69, 9.17) is 9.52 Å². The average Bonchev–Trinajstić information content (AvgIpc) is 3.13. The van der Waals surface area contributed by atoms with Gasteiger partial charge in [0.25, 0.3) is 5.91 Å². The van der Waals surface area contributed by atoms with Crippen molar-refractivity contribution in [3.63, 3.8) is 0 Å². The Kier molecular flexibility index (Phi) is 5.27. The highest BCUT2D eigenvalue weighted by Gasteiger charge is 2.33. The first-order valence-corrected chi connectivity index (χ1v) is 7.76. The van der Waals surface area contributed by atoms with Gasteiger partial charge in [-0.3, -0.25) is 4.79 Å². The average molecular weight is 362 g/mol. The smallest absolute Gasteiger partial charge is 0.434 e. The maximum Gasteiger partial charge on any atom is 0.434 e. The maximum absolute atomic E-state index is 12.4. The van der Waals surface area contributed by atoms with Crippen molar-refractivity contribution >= 4 is 23.2 Å². The number of alkyl halides is 3. The quantitative estimate of drug-likeness (QED) is 0.824. The van der Waals surface area contributed by atoms with Gasteiger partial charge < -0.3 is 14.8 Å². The third-order valence-electron chi connectivity index (χ3n) is 3.05. The third kappa shape index (κ3) is 4.13. The fourth-order valence-corrected chi connectivity index (χ4v) is 2.72. The molecule has 0 unspecified atom stereocenters. The minimum Gasteiger partial charge on any atom is -0.478 e. The summed E-state index contributed by atoms with van der Waals surface area (Å²) >= 11 is 0.854. The molecule has 2 aromatic heterocycles. The first kappa shape index (κ1) is 18.0. The van der Waals surface area contributed by atoms with Crippen LogP contribution in [0.2, 0.25) is 0 Å². The predicted molar refractivity (Wildman–Crippen MR) is 78.2 cm³/mol. The molecule has 130 valence electrons. The lowest BCUT2D eigenvalue weighted by molar-refractivity contribution is -0.140. The Labute approximate surface area is 138 Å². The van der Waals surface area contributed by atoms with Gasteiger partial charge >= 0.3 is 12.1 Å². The number of furan rings is 1. The van der Waals surface area contributed by atoms with E-state index >= 15 is 0 Å². The number of thiazole rings is 1. The summed E-state index contributed by atoms with van der Waals surface area (Å²) in [5.41, 5.74) is -1.05. The standard InChI is InChI=1S/C14H13F3N2O4S/c1-2-8-7(13(21)22)5-9(23-8)12(20)18-4-3-11-19-10(6-24-11)14(15,16)17/h5-6H,2-4H2,1H3,(H,18,20)(H,21,22). The van der Waals surface area contributed by atoms with Crippen LogP contribution in [-0.2, 0) is 19.0 Å². The number of carboxylic acid groups (broad SMARTS) is 1. The predicted octanol–water partition coefficient (Wildman–Crippen LogP) is 2.99. The molecule has 0 fully saturated rings. The lowest BCUT2D eigenvalue weighted by atomic mass is 10.2. The number of aromatic carboxylic acids is 1. The van der Waals surface area contributed by atoms with Crippen LogP contribution < -0.4 is 5.32 Å². The van der Waals surface area contributed by atoms with E-state index in [1.807, 2.05) is 0 Å². The van der Waals surface area contributed by atoms with Crippen LogP contribution in [0.25, 0.3) is 0 Å². The molecule has 0 saturated carbocycles. The molecule has 10 heteroatoms. The SMILES string of the molecule is CCc1oc(C(=O)NCCc2nc(C(F)(F)F)cs2)cc1C(=O)O. The molecular weight excluding hydrogens is 349 g/mol. The van der Waals surface area contributed by atoms with E-state index in [2.05, 4.69) is 10.3 Å². The molecule has 0 aromatic carbocycles. The van der Waals surface area contributed by atoms with Gasteiger partial charge in [0, 0.05) is 30.8 Å². The van der Waals surface area contributed by atoms with Gasteiger partial charge in [-0.05, 0) is 0 Å². The molecule has 0 aliphatic rings. The number of nitrogens with one attached hydrogen (secondary N) is 1. The summed E-state index contributed by atoms with van der Waals surface area (Å²) in [5, 5.41) is 12.6. The van der Waals surface area contributed by atoms with Gasteiger partial charge in [0.2, 0.25) is 0 Å². The minimum absolute atomic E-state index is 0.0498. The Morgan fingerprint density at radius 1 is 1.42 bits per heavy atom. The molecule has 2 aromatic rings. The number of aryl methyl sites for hydroxylation is 1. The van der Waals surface area contributed by atoms with E-state index in [9.17, 15) is 22.8 Å². The van der Waals surface area contributed by atoms with E-state index in [1.54, 1.807) is 6.92 Å². The topological polar surface area (TPSA) is 92.4 Å². The van der Waals surface area contributed by atoms with E-state index in [0.29, 0.717) is 6.42 Å². The summed E-state index contributed by atoms with van der Waals surface area (Å²) < 4.78 is 42.5. The van der Waals surface area contributed by atoms with Gasteiger partial charge in [-0.15, -0.1) is 11.3 Å². The largest absolute Gasteiger partial charge is 0.478 e. The summed E-state index contributed by atoms with van der Waals surface area (Å²) in [4.78, 5) is 26.4. The minimum atomic E-state index is -4.49. The zero-order valence-corrected chi connectivity index (χ0v) is 13.3. The van der Waals surface area contributed by atoms with Crippen molar-refractivity contribution < 1.29 is 32.3 Å². The van der Waals surface area contributed by atoms with Crippen molar-refractivity contribution in [3.8, 4) is 0 Å². The molecule has 0 atom stereocenters. The van der Waals surface area contributed by atoms with Crippen LogP contribution in [-0.4, -0.2) is 28.5 Å². The first-order chi connectivity index (χ1) is 11.2. The Balaban J connectivity index is 1.94. The molecule has 1 amide bonds. The molecule has 2 rings (SSSR count). The normalized spacial score (nSPS) is 11.5. The molecule has 0 bridgehead atoms. The Morgan fingerprint density at radius 2 is 2.12 bits per heavy atom. The van der Waals surface area contributed by atoms with Gasteiger partial charge in [0.15, 0.2) is 11.5 Å². The van der Waals surface area contributed by atoms with Crippen LogP contribution >= 0.6 is 11.3 Å². The number of hydrogen-bond acceptors (Lipinski definition) is 5. The fourth-order valence-electron chi connectivity index (χ4n) is 1.91. The van der Waals surface area contributed by atoms with Crippen LogP contribution in [0.3, 0.4) is 0 Å². The summed E-state index contributed by atoms with van der Waals surface area (Å²) in [6, 6.07) is 1.13. The van der Waals surface area contributed by atoms with Crippen LogP contribution in [0.5, 0.6) is 0 Å². The second-order valence-corrected chi connectivity index (χ2v) is 5.68. The fraction of sp³-hybridized carbons (Fsp3) is 0.357. The van der Waals surface area contributed by atoms with Gasteiger partial charge in [-0.25, -0.2) is 9.78 Å². The highest BCUT2D eigenvalue weighted by molar-refractivity contribution is 7.09. The molecule has 24 heavy (non-hydrogen) atoms. The molecule has 0 spiro atoms. The van der Waals surface area contributed by atoms with Crippen LogP contribution in [0, 0.1) is 0 Å². The number of nitrogens with zero attached hydrogens (tertiary/aromatic N) is 1. The molecule has 6 nitrogen and oxygen atoms in total. The van der Waals surface area contributed by atoms with Gasteiger partial charge in [-0.1, -0.05) is 6.92 Å². The summed E-state index contributed by atoms with van der Waals surface area (Å²) in [6.45, 7) is 1.74. The molecule has 2 heterocycles. The number of amides is 1. The second kappa shape index (κ2) is 7.04. The number of halogens is 3. The van der Waals surface area contributed by atoms with Crippen molar-refractivity contribution in [1.29, 1.82) is 0 Å². The number of rotatable bonds is 6. The van der Waals surface area contributed by atoms with Gasteiger partial charge in [0.1, 0.15) is 11.3 Å². The summed E-state index contributed by atoms with van der Waals surface area (Å²) in [5.74, 6) is -1.80. The lowest BCUT2D eigenvalue weighted by Crippen LogP contribution is -2.25. The van der Waals surface area contributed by atoms with E-state index < -0.39 is 23.7 Å². The van der Waals surface area contributed by atoms with E-state index in [1.165, 1.54) is 0 Å². The van der Waals surface area contributed by atoms with Crippen molar-refractivity contribution in [1.82, 2.24) is 10.3 Å². The van der Waals surface area contributed by atoms with Crippen molar-refractivity contribution in [2.45, 2.75) is 25.9 Å². The summed E-state index contributed by atoms with van der Waals surface area (Å²) in [7, 11) is 0. The molecule has 0 aliphatic carbocycles. The Morgan fingerprint density at radius 3 is 2.62 bits per heavy atom. The molecule has 0 radical (unpaired) electrons. The van der Waals surface area contributed by atoms with Crippen LogP contribution in [0.15, 0.2) is 15.9 Å². The lowest BCUT2D eigenvalue weighted by Gasteiger charge is -2.02. The monoisotopic (exact) mass is 362 g/mol. The van der Waals surface area contributed by atoms with Gasteiger partial charge in [0.05, 0.1) is 5.01 Å². The third-order valence-corrected chi connectivity index (χ3v) is 3.96. The maximum atomic E-state index is 12.4. The van der Waals surface area contributed by atoms with E-state index in [0.717, 1.165) is 22.8 Å². The second-order valence-electron chi connectivity index (χ2n) is 4.74. The van der Waals surface area contributed by atoms with Crippen molar-refractivity contribution in [3.05, 3.63) is 39.2 Å². The number of carbonyl (C=O) groups excluding carboxylic acids is 1.